The summed E-state index contributed by atoms with van der Waals surface area (Å²) in [6, 6.07) is 10.6. The molecule has 5 nitrogen and oxygen atoms in total. The van der Waals surface area contributed by atoms with Crippen molar-refractivity contribution in [3.05, 3.63) is 52.0 Å². The van der Waals surface area contributed by atoms with Crippen molar-refractivity contribution in [1.82, 2.24) is 20.5 Å². The van der Waals surface area contributed by atoms with Crippen molar-refractivity contribution < 1.29 is 13.2 Å². The Labute approximate surface area is 179 Å². The summed E-state index contributed by atoms with van der Waals surface area (Å²) in [5, 5.41) is 7.97. The number of rotatable bonds is 8. The molecule has 30 heavy (non-hydrogen) atoms. The second-order valence-corrected chi connectivity index (χ2v) is 8.13. The zero-order valence-corrected chi connectivity index (χ0v) is 17.9. The lowest BCUT2D eigenvalue weighted by Crippen LogP contribution is -2.39. The number of hydrogen-bond acceptors (Lipinski definition) is 4. The van der Waals surface area contributed by atoms with E-state index in [-0.39, 0.29) is 6.04 Å². The third-order valence-electron chi connectivity index (χ3n) is 5.01. The van der Waals surface area contributed by atoms with E-state index in [1.165, 1.54) is 18.4 Å². The highest BCUT2D eigenvalue weighted by atomic mass is 32.1. The molecule has 2 N–H and O–H groups in total. The van der Waals surface area contributed by atoms with Gasteiger partial charge in [0.2, 0.25) is 0 Å². The van der Waals surface area contributed by atoms with Gasteiger partial charge in [0.25, 0.3) is 0 Å². The molecule has 1 fully saturated rings. The molecular formula is C21H28F3N5S. The van der Waals surface area contributed by atoms with Gasteiger partial charge in [-0.3, -0.25) is 9.89 Å². The van der Waals surface area contributed by atoms with Crippen molar-refractivity contribution in [3.8, 4) is 0 Å². The first-order valence-electron chi connectivity index (χ1n) is 10.3. The van der Waals surface area contributed by atoms with E-state index in [0.717, 1.165) is 29.8 Å². The second-order valence-electron chi connectivity index (χ2n) is 7.19. The van der Waals surface area contributed by atoms with Crippen LogP contribution in [0.5, 0.6) is 0 Å². The van der Waals surface area contributed by atoms with Crippen LogP contribution in [0.3, 0.4) is 0 Å². The first-order chi connectivity index (χ1) is 14.5. The number of nitrogens with zero attached hydrogens (tertiary/aromatic N) is 3. The van der Waals surface area contributed by atoms with Crippen molar-refractivity contribution >= 4 is 17.3 Å². The predicted octanol–water partition coefficient (Wildman–Crippen LogP) is 4.10. The van der Waals surface area contributed by atoms with Gasteiger partial charge in [-0.05, 0) is 38.4 Å². The molecule has 3 rings (SSSR count). The normalized spacial score (nSPS) is 16.6. The Morgan fingerprint density at radius 2 is 1.93 bits per heavy atom. The smallest absolute Gasteiger partial charge is 0.357 e. The van der Waals surface area contributed by atoms with Crippen molar-refractivity contribution in [2.24, 2.45) is 4.99 Å². The highest BCUT2D eigenvalue weighted by Crippen LogP contribution is 2.30. The van der Waals surface area contributed by atoms with Crippen molar-refractivity contribution in [2.75, 3.05) is 32.7 Å². The first kappa shape index (κ1) is 22.6. The Morgan fingerprint density at radius 1 is 1.20 bits per heavy atom. The molecular weight excluding hydrogens is 411 g/mol. The molecule has 0 saturated carbocycles. The van der Waals surface area contributed by atoms with Gasteiger partial charge in [-0.2, -0.15) is 13.2 Å². The van der Waals surface area contributed by atoms with E-state index in [9.17, 15) is 13.2 Å². The lowest BCUT2D eigenvalue weighted by Gasteiger charge is -2.27. The lowest BCUT2D eigenvalue weighted by atomic mass is 10.1. The fourth-order valence-electron chi connectivity index (χ4n) is 3.52. The zero-order chi connectivity index (χ0) is 21.4. The van der Waals surface area contributed by atoms with Gasteiger partial charge in [-0.1, -0.05) is 30.3 Å². The van der Waals surface area contributed by atoms with E-state index >= 15 is 0 Å². The Kier molecular flexibility index (Phi) is 8.09. The number of nitrogens with one attached hydrogen (secondary N) is 2. The molecule has 1 saturated heterocycles. The van der Waals surface area contributed by atoms with Crippen LogP contribution < -0.4 is 10.6 Å². The summed E-state index contributed by atoms with van der Waals surface area (Å²) in [4.78, 5) is 10.9. The van der Waals surface area contributed by atoms with Crippen LogP contribution in [0.4, 0.5) is 13.2 Å². The van der Waals surface area contributed by atoms with Gasteiger partial charge in [0.1, 0.15) is 0 Å². The minimum atomic E-state index is -4.39. The molecule has 1 unspecified atom stereocenters. The fraction of sp³-hybridized carbons (Fsp3) is 0.524. The molecule has 2 heterocycles. The van der Waals surface area contributed by atoms with Gasteiger partial charge in [0.15, 0.2) is 11.7 Å². The standard InChI is InChI=1S/C21H28F3N5S/c1-2-25-20(26-11-10-19-28-18(15-30-19)21(22,23)24)27-14-17(29-12-6-7-13-29)16-8-4-3-5-9-16/h3-5,8-9,15,17H,2,6-7,10-14H2,1H3,(H2,25,26,27). The second kappa shape index (κ2) is 10.8. The van der Waals surface area contributed by atoms with Gasteiger partial charge in [-0.25, -0.2) is 4.98 Å². The number of aliphatic imine (C=N–C) groups is 1. The maximum absolute atomic E-state index is 12.7. The summed E-state index contributed by atoms with van der Waals surface area (Å²) in [5.74, 6) is 0.672. The van der Waals surface area contributed by atoms with Gasteiger partial charge < -0.3 is 10.6 Å². The van der Waals surface area contributed by atoms with E-state index < -0.39 is 11.9 Å². The van der Waals surface area contributed by atoms with Crippen LogP contribution in [0.15, 0.2) is 40.7 Å². The molecule has 0 amide bonds. The van der Waals surface area contributed by atoms with Crippen molar-refractivity contribution in [3.63, 3.8) is 0 Å². The quantitative estimate of drug-likeness (QED) is 0.480. The zero-order valence-electron chi connectivity index (χ0n) is 17.1. The molecule has 1 aromatic carbocycles. The number of thiazole rings is 1. The SMILES string of the molecule is CCNC(=NCC(c1ccccc1)N1CCCC1)NCCc1nc(C(F)(F)F)cs1. The molecule has 1 aliphatic rings. The van der Waals surface area contributed by atoms with Gasteiger partial charge in [-0.15, -0.1) is 11.3 Å². The molecule has 1 atom stereocenters. The molecule has 1 aliphatic heterocycles. The molecule has 2 aromatic rings. The highest BCUT2D eigenvalue weighted by Gasteiger charge is 2.33. The number of hydrogen-bond donors (Lipinski definition) is 2. The third kappa shape index (κ3) is 6.43. The number of benzene rings is 1. The summed E-state index contributed by atoms with van der Waals surface area (Å²) >= 11 is 1.04. The van der Waals surface area contributed by atoms with Crippen LogP contribution in [-0.4, -0.2) is 48.6 Å². The Bertz CT molecular complexity index is 800. The van der Waals surface area contributed by atoms with Crippen molar-refractivity contribution in [1.29, 1.82) is 0 Å². The van der Waals surface area contributed by atoms with Crippen molar-refractivity contribution in [2.45, 2.75) is 38.4 Å². The van der Waals surface area contributed by atoms with Gasteiger partial charge in [0.05, 0.1) is 17.6 Å². The van der Waals surface area contributed by atoms with E-state index in [0.29, 0.717) is 37.0 Å². The van der Waals surface area contributed by atoms with Crippen LogP contribution in [0.1, 0.15) is 42.1 Å². The molecule has 0 spiro atoms. The number of alkyl halides is 3. The number of aromatic nitrogens is 1. The summed E-state index contributed by atoms with van der Waals surface area (Å²) in [6.45, 7) is 5.93. The summed E-state index contributed by atoms with van der Waals surface area (Å²) in [5.41, 5.74) is 0.431. The van der Waals surface area contributed by atoms with Crippen LogP contribution in [0.25, 0.3) is 0 Å². The van der Waals surface area contributed by atoms with Crippen LogP contribution in [0.2, 0.25) is 0 Å². The summed E-state index contributed by atoms with van der Waals surface area (Å²) in [6.07, 6.45) is -1.56. The maximum Gasteiger partial charge on any atom is 0.434 e. The summed E-state index contributed by atoms with van der Waals surface area (Å²) in [7, 11) is 0. The van der Waals surface area contributed by atoms with E-state index in [2.05, 4.69) is 44.8 Å². The Balaban J connectivity index is 1.60. The maximum atomic E-state index is 12.7. The van der Waals surface area contributed by atoms with E-state index in [4.69, 9.17) is 4.99 Å². The van der Waals surface area contributed by atoms with Crippen LogP contribution >= 0.6 is 11.3 Å². The summed E-state index contributed by atoms with van der Waals surface area (Å²) < 4.78 is 38.1. The van der Waals surface area contributed by atoms with E-state index in [1.54, 1.807) is 0 Å². The minimum absolute atomic E-state index is 0.220. The topological polar surface area (TPSA) is 52.6 Å². The number of likely N-dealkylation sites (tertiary alicyclic amines) is 1. The van der Waals surface area contributed by atoms with Gasteiger partial charge >= 0.3 is 6.18 Å². The largest absolute Gasteiger partial charge is 0.434 e. The van der Waals surface area contributed by atoms with E-state index in [1.807, 2.05) is 13.0 Å². The number of guanidine groups is 1. The Morgan fingerprint density at radius 3 is 2.57 bits per heavy atom. The molecule has 1 aromatic heterocycles. The Hall–Kier alpha value is -2.13. The average molecular weight is 440 g/mol. The first-order valence-corrected chi connectivity index (χ1v) is 11.2. The molecule has 0 aliphatic carbocycles. The highest BCUT2D eigenvalue weighted by molar-refractivity contribution is 7.09. The molecule has 0 radical (unpaired) electrons. The predicted molar refractivity (Wildman–Crippen MR) is 115 cm³/mol. The monoisotopic (exact) mass is 439 g/mol. The third-order valence-corrected chi connectivity index (χ3v) is 5.91. The molecule has 164 valence electrons. The van der Waals surface area contributed by atoms with Gasteiger partial charge in [0, 0.05) is 24.9 Å². The van der Waals surface area contributed by atoms with Crippen LogP contribution in [0, 0.1) is 0 Å². The number of halogens is 3. The molecule has 9 heteroatoms. The fourth-order valence-corrected chi connectivity index (χ4v) is 4.33. The minimum Gasteiger partial charge on any atom is -0.357 e. The molecule has 0 bridgehead atoms. The van der Waals surface area contributed by atoms with Crippen LogP contribution in [-0.2, 0) is 12.6 Å². The lowest BCUT2D eigenvalue weighted by molar-refractivity contribution is -0.140. The average Bonchev–Trinajstić information content (AvgIpc) is 3.41.